The number of aromatic nitrogens is 3. The van der Waals surface area contributed by atoms with Gasteiger partial charge in [0.25, 0.3) is 0 Å². The smallest absolute Gasteiger partial charge is 0.249 e. The number of amides is 1. The first-order valence-corrected chi connectivity index (χ1v) is 7.82. The fraction of sp³-hybridized carbons (Fsp3) is 0.0556. The van der Waals surface area contributed by atoms with E-state index in [0.717, 1.165) is 11.1 Å². The summed E-state index contributed by atoms with van der Waals surface area (Å²) in [4.78, 5) is 16.1. The van der Waals surface area contributed by atoms with E-state index in [1.54, 1.807) is 30.6 Å². The molecule has 0 aliphatic heterocycles. The molecule has 0 fully saturated rings. The van der Waals surface area contributed by atoms with E-state index in [-0.39, 0.29) is 5.91 Å². The van der Waals surface area contributed by atoms with E-state index < -0.39 is 0 Å². The second-order valence-electron chi connectivity index (χ2n) is 5.09. The maximum atomic E-state index is 12.1. The average Bonchev–Trinajstić information content (AvgIpc) is 3.04. The largest absolute Gasteiger partial charge is 0.491 e. The highest BCUT2D eigenvalue weighted by molar-refractivity contribution is 6.30. The van der Waals surface area contributed by atoms with E-state index in [9.17, 15) is 4.79 Å². The molecule has 0 atom stereocenters. The Balaban J connectivity index is 1.75. The van der Waals surface area contributed by atoms with Crippen LogP contribution in [0.3, 0.4) is 0 Å². The minimum atomic E-state index is -0.318. The Kier molecular flexibility index (Phi) is 5.11. The molecule has 2 N–H and O–H groups in total. The second-order valence-corrected chi connectivity index (χ2v) is 5.53. The molecule has 1 amide bonds. The summed E-state index contributed by atoms with van der Waals surface area (Å²) in [6.07, 6.45) is 6.45. The van der Waals surface area contributed by atoms with Crippen LogP contribution in [0.1, 0.15) is 5.56 Å². The fourth-order valence-corrected chi connectivity index (χ4v) is 2.36. The van der Waals surface area contributed by atoms with Crippen LogP contribution in [0, 0.1) is 0 Å². The van der Waals surface area contributed by atoms with Crippen LogP contribution in [0.4, 0.5) is 5.82 Å². The molecule has 0 unspecified atom stereocenters. The third kappa shape index (κ3) is 4.05. The predicted molar refractivity (Wildman–Crippen MR) is 97.5 cm³/mol. The predicted octanol–water partition coefficient (Wildman–Crippen LogP) is 3.79. The molecule has 25 heavy (non-hydrogen) atoms. The molecular formula is C18H15ClN4O2. The molecule has 3 aromatic rings. The molecule has 0 aliphatic carbocycles. The summed E-state index contributed by atoms with van der Waals surface area (Å²) in [7, 11) is 1.52. The number of nitrogens with one attached hydrogen (secondary N) is 2. The van der Waals surface area contributed by atoms with Crippen LogP contribution in [0.25, 0.3) is 17.3 Å². The summed E-state index contributed by atoms with van der Waals surface area (Å²) in [6, 6.07) is 10.8. The highest BCUT2D eigenvalue weighted by Gasteiger charge is 2.16. The number of hydrogen-bond acceptors (Lipinski definition) is 4. The van der Waals surface area contributed by atoms with Gasteiger partial charge in [-0.2, -0.15) is 5.10 Å². The first kappa shape index (κ1) is 16.7. The van der Waals surface area contributed by atoms with Crippen LogP contribution in [0.5, 0.6) is 5.75 Å². The van der Waals surface area contributed by atoms with E-state index in [1.807, 2.05) is 24.3 Å². The topological polar surface area (TPSA) is 79.9 Å². The Morgan fingerprint density at radius 2 is 1.92 bits per heavy atom. The molecule has 0 radical (unpaired) electrons. The highest BCUT2D eigenvalue weighted by atomic mass is 35.5. The minimum Gasteiger partial charge on any atom is -0.491 e. The Hall–Kier alpha value is -3.12. The third-order valence-electron chi connectivity index (χ3n) is 3.43. The van der Waals surface area contributed by atoms with Crippen molar-refractivity contribution in [2.75, 3.05) is 12.4 Å². The lowest BCUT2D eigenvalue weighted by Crippen LogP contribution is -2.09. The Bertz CT molecular complexity index is 889. The molecule has 7 heteroatoms. The normalized spacial score (nSPS) is 10.8. The van der Waals surface area contributed by atoms with Gasteiger partial charge >= 0.3 is 0 Å². The summed E-state index contributed by atoms with van der Waals surface area (Å²) in [5.41, 5.74) is 2.39. The van der Waals surface area contributed by atoms with Crippen molar-refractivity contribution >= 4 is 29.4 Å². The van der Waals surface area contributed by atoms with Crippen molar-refractivity contribution in [1.82, 2.24) is 15.2 Å². The zero-order valence-corrected chi connectivity index (χ0v) is 14.1. The number of hydrogen-bond donors (Lipinski definition) is 2. The van der Waals surface area contributed by atoms with Crippen molar-refractivity contribution in [3.05, 3.63) is 65.5 Å². The molecule has 3 rings (SSSR count). The molecule has 0 saturated carbocycles. The molecule has 0 bridgehead atoms. The van der Waals surface area contributed by atoms with Crippen LogP contribution in [-0.4, -0.2) is 28.2 Å². The molecule has 6 nitrogen and oxygen atoms in total. The standard InChI is InChI=1S/C18H15ClN4O2/c1-25-17-16(13-8-10-20-11-9-13)22-23-18(17)21-15(24)7-4-12-2-5-14(19)6-3-12/h2-11H,1H3,(H2,21,22,23,24). The lowest BCUT2D eigenvalue weighted by atomic mass is 10.2. The van der Waals surface area contributed by atoms with Crippen LogP contribution >= 0.6 is 11.6 Å². The third-order valence-corrected chi connectivity index (χ3v) is 3.69. The van der Waals surface area contributed by atoms with Crippen molar-refractivity contribution < 1.29 is 9.53 Å². The van der Waals surface area contributed by atoms with Gasteiger partial charge in [-0.1, -0.05) is 23.7 Å². The van der Waals surface area contributed by atoms with Gasteiger partial charge in [-0.15, -0.1) is 0 Å². The first-order chi connectivity index (χ1) is 12.2. The van der Waals surface area contributed by atoms with Gasteiger partial charge in [0.2, 0.25) is 5.91 Å². The number of carbonyl (C=O) groups is 1. The van der Waals surface area contributed by atoms with Crippen LogP contribution in [0.2, 0.25) is 5.02 Å². The molecule has 0 spiro atoms. The van der Waals surface area contributed by atoms with Crippen LogP contribution in [-0.2, 0) is 4.79 Å². The SMILES string of the molecule is COc1c(NC(=O)C=Cc2ccc(Cl)cc2)n[nH]c1-c1ccncc1. The van der Waals surface area contributed by atoms with Gasteiger partial charge < -0.3 is 10.1 Å². The molecule has 2 heterocycles. The van der Waals surface area contributed by atoms with E-state index in [1.165, 1.54) is 13.2 Å². The van der Waals surface area contributed by atoms with Crippen LogP contribution in [0.15, 0.2) is 54.9 Å². The quantitative estimate of drug-likeness (QED) is 0.683. The van der Waals surface area contributed by atoms with Crippen molar-refractivity contribution in [2.45, 2.75) is 0 Å². The number of ether oxygens (including phenoxy) is 1. The van der Waals surface area contributed by atoms with Gasteiger partial charge in [0.1, 0.15) is 5.69 Å². The summed E-state index contributed by atoms with van der Waals surface area (Å²) in [5, 5.41) is 10.3. The number of anilines is 1. The molecule has 2 aromatic heterocycles. The van der Waals surface area contributed by atoms with Gasteiger partial charge in [0, 0.05) is 29.1 Å². The lowest BCUT2D eigenvalue weighted by molar-refractivity contribution is -0.111. The number of methoxy groups -OCH3 is 1. The number of rotatable bonds is 5. The number of aromatic amines is 1. The van der Waals surface area contributed by atoms with Gasteiger partial charge in [-0.25, -0.2) is 0 Å². The molecule has 1 aromatic carbocycles. The van der Waals surface area contributed by atoms with Gasteiger partial charge in [-0.05, 0) is 35.9 Å². The fourth-order valence-electron chi connectivity index (χ4n) is 2.23. The molecule has 126 valence electrons. The van der Waals surface area contributed by atoms with Gasteiger partial charge in [-0.3, -0.25) is 14.9 Å². The van der Waals surface area contributed by atoms with Gasteiger partial charge in [0.15, 0.2) is 11.6 Å². The molecule has 0 aliphatic rings. The number of nitrogens with zero attached hydrogens (tertiary/aromatic N) is 2. The number of halogens is 1. The Labute approximate surface area is 149 Å². The second kappa shape index (κ2) is 7.63. The number of pyridine rings is 1. The zero-order chi connectivity index (χ0) is 17.6. The van der Waals surface area contributed by atoms with E-state index in [0.29, 0.717) is 22.3 Å². The Morgan fingerprint density at radius 1 is 1.20 bits per heavy atom. The minimum absolute atomic E-state index is 0.318. The van der Waals surface area contributed by atoms with Crippen molar-refractivity contribution in [3.8, 4) is 17.0 Å². The number of benzene rings is 1. The highest BCUT2D eigenvalue weighted by Crippen LogP contribution is 2.33. The number of H-pyrrole nitrogens is 1. The average molecular weight is 355 g/mol. The van der Waals surface area contributed by atoms with E-state index in [2.05, 4.69) is 20.5 Å². The van der Waals surface area contributed by atoms with Crippen molar-refractivity contribution in [3.63, 3.8) is 0 Å². The molecular weight excluding hydrogens is 340 g/mol. The summed E-state index contributed by atoms with van der Waals surface area (Å²) >= 11 is 5.84. The number of carbonyl (C=O) groups excluding carboxylic acids is 1. The maximum absolute atomic E-state index is 12.1. The van der Waals surface area contributed by atoms with E-state index >= 15 is 0 Å². The summed E-state index contributed by atoms with van der Waals surface area (Å²) in [6.45, 7) is 0. The summed E-state index contributed by atoms with van der Waals surface area (Å²) in [5.74, 6) is 0.459. The van der Waals surface area contributed by atoms with Crippen molar-refractivity contribution in [1.29, 1.82) is 0 Å². The summed E-state index contributed by atoms with van der Waals surface area (Å²) < 4.78 is 5.38. The lowest BCUT2D eigenvalue weighted by Gasteiger charge is -2.04. The Morgan fingerprint density at radius 3 is 2.60 bits per heavy atom. The maximum Gasteiger partial charge on any atom is 0.249 e. The van der Waals surface area contributed by atoms with Gasteiger partial charge in [0.05, 0.1) is 7.11 Å². The van der Waals surface area contributed by atoms with Crippen molar-refractivity contribution in [2.24, 2.45) is 0 Å². The van der Waals surface area contributed by atoms with Crippen LogP contribution < -0.4 is 10.1 Å². The zero-order valence-electron chi connectivity index (χ0n) is 13.4. The first-order valence-electron chi connectivity index (χ1n) is 7.45. The van der Waals surface area contributed by atoms with E-state index in [4.69, 9.17) is 16.3 Å². The monoisotopic (exact) mass is 354 g/mol. The molecule has 0 saturated heterocycles.